The summed E-state index contributed by atoms with van der Waals surface area (Å²) in [7, 11) is 0. The van der Waals surface area contributed by atoms with Crippen molar-refractivity contribution in [3.63, 3.8) is 0 Å². The lowest BCUT2D eigenvalue weighted by Gasteiger charge is -2.18. The number of carbonyl (C=O) groups excluding carboxylic acids is 1. The molecule has 0 bridgehead atoms. The number of benzene rings is 1. The zero-order valence-corrected chi connectivity index (χ0v) is 14.1. The smallest absolute Gasteiger partial charge is 0.257 e. The summed E-state index contributed by atoms with van der Waals surface area (Å²) in [5, 5.41) is 12.8. The second-order valence-corrected chi connectivity index (χ2v) is 6.58. The molecule has 0 unspecified atom stereocenters. The molecular formula is C19H27NO3. The summed E-state index contributed by atoms with van der Waals surface area (Å²) < 4.78 is 5.47. The van der Waals surface area contributed by atoms with E-state index in [2.05, 4.69) is 11.4 Å². The summed E-state index contributed by atoms with van der Waals surface area (Å²) in [4.78, 5) is 11.8. The quantitative estimate of drug-likeness (QED) is 0.759. The highest BCUT2D eigenvalue weighted by Gasteiger charge is 2.15. The largest absolute Gasteiger partial charge is 0.484 e. The minimum absolute atomic E-state index is 0.0148. The molecule has 0 aromatic heterocycles. The van der Waals surface area contributed by atoms with Gasteiger partial charge in [-0.2, -0.15) is 0 Å². The average Bonchev–Trinajstić information content (AvgIpc) is 2.53. The SMILES string of the molecule is CC(C)(O)c1ccc(OCC(=O)NCCC2=CCCCC2)cc1. The molecule has 1 aromatic carbocycles. The maximum atomic E-state index is 11.8. The highest BCUT2D eigenvalue weighted by molar-refractivity contribution is 5.77. The molecule has 0 saturated heterocycles. The number of aliphatic hydroxyl groups is 1. The minimum atomic E-state index is -0.871. The van der Waals surface area contributed by atoms with E-state index in [9.17, 15) is 9.90 Å². The summed E-state index contributed by atoms with van der Waals surface area (Å²) in [6.07, 6.45) is 8.13. The van der Waals surface area contributed by atoms with Gasteiger partial charge in [0.25, 0.3) is 5.91 Å². The Morgan fingerprint density at radius 3 is 2.61 bits per heavy atom. The molecule has 2 N–H and O–H groups in total. The zero-order chi connectivity index (χ0) is 16.7. The van der Waals surface area contributed by atoms with Gasteiger partial charge in [-0.3, -0.25) is 4.79 Å². The van der Waals surface area contributed by atoms with E-state index in [1.807, 2.05) is 12.1 Å². The Morgan fingerprint density at radius 2 is 2.00 bits per heavy atom. The van der Waals surface area contributed by atoms with Gasteiger partial charge in [0.15, 0.2) is 6.61 Å². The van der Waals surface area contributed by atoms with E-state index >= 15 is 0 Å². The van der Waals surface area contributed by atoms with Crippen molar-refractivity contribution in [2.75, 3.05) is 13.2 Å². The Labute approximate surface area is 138 Å². The highest BCUT2D eigenvalue weighted by Crippen LogP contribution is 2.22. The maximum absolute atomic E-state index is 11.8. The van der Waals surface area contributed by atoms with Crippen molar-refractivity contribution >= 4 is 5.91 Å². The molecule has 1 aliphatic carbocycles. The van der Waals surface area contributed by atoms with E-state index in [1.165, 1.54) is 31.3 Å². The molecule has 0 aliphatic heterocycles. The molecule has 0 atom stereocenters. The van der Waals surface area contributed by atoms with Crippen LogP contribution in [0.25, 0.3) is 0 Å². The van der Waals surface area contributed by atoms with Crippen molar-refractivity contribution in [3.8, 4) is 5.75 Å². The lowest BCUT2D eigenvalue weighted by molar-refractivity contribution is -0.123. The number of hydrogen-bond donors (Lipinski definition) is 2. The summed E-state index contributed by atoms with van der Waals surface area (Å²) in [6, 6.07) is 7.16. The Bertz CT molecular complexity index is 541. The topological polar surface area (TPSA) is 58.6 Å². The van der Waals surface area contributed by atoms with Crippen LogP contribution in [0.15, 0.2) is 35.9 Å². The normalized spacial score (nSPS) is 15.0. The van der Waals surface area contributed by atoms with Crippen LogP contribution in [0.1, 0.15) is 51.5 Å². The fourth-order valence-corrected chi connectivity index (χ4v) is 2.65. The predicted molar refractivity (Wildman–Crippen MR) is 91.4 cm³/mol. The lowest BCUT2D eigenvalue weighted by atomic mass is 9.97. The molecule has 1 aliphatic rings. The molecular weight excluding hydrogens is 290 g/mol. The van der Waals surface area contributed by atoms with Gasteiger partial charge in [0.1, 0.15) is 5.75 Å². The van der Waals surface area contributed by atoms with Crippen LogP contribution in [-0.2, 0) is 10.4 Å². The van der Waals surface area contributed by atoms with Gasteiger partial charge in [-0.05, 0) is 63.6 Å². The van der Waals surface area contributed by atoms with E-state index in [0.717, 1.165) is 12.0 Å². The maximum Gasteiger partial charge on any atom is 0.257 e. The van der Waals surface area contributed by atoms with E-state index < -0.39 is 5.60 Å². The summed E-state index contributed by atoms with van der Waals surface area (Å²) in [5.41, 5.74) is 1.40. The molecule has 1 aromatic rings. The second kappa shape index (κ2) is 8.16. The first kappa shape index (κ1) is 17.5. The number of ether oxygens (including phenoxy) is 1. The number of hydrogen-bond acceptors (Lipinski definition) is 3. The molecule has 0 heterocycles. The second-order valence-electron chi connectivity index (χ2n) is 6.58. The molecule has 1 amide bonds. The van der Waals surface area contributed by atoms with Crippen LogP contribution >= 0.6 is 0 Å². The molecule has 0 spiro atoms. The van der Waals surface area contributed by atoms with Gasteiger partial charge in [0, 0.05) is 6.54 Å². The fraction of sp³-hybridized carbons (Fsp3) is 0.526. The lowest BCUT2D eigenvalue weighted by Crippen LogP contribution is -2.30. The summed E-state index contributed by atoms with van der Waals surface area (Å²) in [5.74, 6) is 0.524. The molecule has 2 rings (SSSR count). The van der Waals surface area contributed by atoms with Gasteiger partial charge in [0.05, 0.1) is 5.60 Å². The van der Waals surface area contributed by atoms with Crippen LogP contribution < -0.4 is 10.1 Å². The van der Waals surface area contributed by atoms with Gasteiger partial charge < -0.3 is 15.2 Å². The average molecular weight is 317 g/mol. The van der Waals surface area contributed by atoms with Crippen LogP contribution in [0, 0.1) is 0 Å². The minimum Gasteiger partial charge on any atom is -0.484 e. The van der Waals surface area contributed by atoms with Crippen LogP contribution in [0.5, 0.6) is 5.75 Å². The first-order valence-corrected chi connectivity index (χ1v) is 8.35. The van der Waals surface area contributed by atoms with Crippen molar-refractivity contribution < 1.29 is 14.6 Å². The third-order valence-corrected chi connectivity index (χ3v) is 4.08. The number of nitrogens with one attached hydrogen (secondary N) is 1. The number of carbonyl (C=O) groups is 1. The zero-order valence-electron chi connectivity index (χ0n) is 14.1. The van der Waals surface area contributed by atoms with Crippen molar-refractivity contribution in [2.45, 2.75) is 51.6 Å². The van der Waals surface area contributed by atoms with Crippen LogP contribution in [-0.4, -0.2) is 24.2 Å². The molecule has 4 nitrogen and oxygen atoms in total. The van der Waals surface area contributed by atoms with Gasteiger partial charge in [-0.1, -0.05) is 23.8 Å². The third kappa shape index (κ3) is 6.06. The predicted octanol–water partition coefficient (Wildman–Crippen LogP) is 3.30. The Kier molecular flexibility index (Phi) is 6.22. The monoisotopic (exact) mass is 317 g/mol. The van der Waals surface area contributed by atoms with Crippen LogP contribution in [0.4, 0.5) is 0 Å². The number of allylic oxidation sites excluding steroid dienone is 1. The fourth-order valence-electron chi connectivity index (χ4n) is 2.65. The highest BCUT2D eigenvalue weighted by atomic mass is 16.5. The first-order chi connectivity index (χ1) is 10.9. The molecule has 0 radical (unpaired) electrons. The standard InChI is InChI=1S/C19H27NO3/c1-19(2,22)16-8-10-17(11-9-16)23-14-18(21)20-13-12-15-6-4-3-5-7-15/h6,8-11,22H,3-5,7,12-14H2,1-2H3,(H,20,21). The molecule has 23 heavy (non-hydrogen) atoms. The van der Waals surface area contributed by atoms with Crippen molar-refractivity contribution in [3.05, 3.63) is 41.5 Å². The Hall–Kier alpha value is -1.81. The molecule has 0 saturated carbocycles. The van der Waals surface area contributed by atoms with Gasteiger partial charge in [-0.15, -0.1) is 0 Å². The summed E-state index contributed by atoms with van der Waals surface area (Å²) >= 11 is 0. The van der Waals surface area contributed by atoms with Gasteiger partial charge >= 0.3 is 0 Å². The van der Waals surface area contributed by atoms with E-state index in [-0.39, 0.29) is 12.5 Å². The van der Waals surface area contributed by atoms with Crippen molar-refractivity contribution in [1.82, 2.24) is 5.32 Å². The third-order valence-electron chi connectivity index (χ3n) is 4.08. The van der Waals surface area contributed by atoms with Crippen molar-refractivity contribution in [1.29, 1.82) is 0 Å². The van der Waals surface area contributed by atoms with E-state index in [0.29, 0.717) is 12.3 Å². The van der Waals surface area contributed by atoms with Crippen LogP contribution in [0.3, 0.4) is 0 Å². The summed E-state index contributed by atoms with van der Waals surface area (Å²) in [6.45, 7) is 4.16. The number of rotatable bonds is 7. The molecule has 4 heteroatoms. The molecule has 126 valence electrons. The van der Waals surface area contributed by atoms with E-state index in [1.54, 1.807) is 26.0 Å². The van der Waals surface area contributed by atoms with E-state index in [4.69, 9.17) is 4.74 Å². The van der Waals surface area contributed by atoms with Crippen molar-refractivity contribution in [2.24, 2.45) is 0 Å². The van der Waals surface area contributed by atoms with Gasteiger partial charge in [-0.25, -0.2) is 0 Å². The molecule has 0 fully saturated rings. The Morgan fingerprint density at radius 1 is 1.26 bits per heavy atom. The van der Waals surface area contributed by atoms with Gasteiger partial charge in [0.2, 0.25) is 0 Å². The first-order valence-electron chi connectivity index (χ1n) is 8.35. The Balaban J connectivity index is 1.68. The number of amides is 1. The van der Waals surface area contributed by atoms with Crippen LogP contribution in [0.2, 0.25) is 0 Å².